The van der Waals surface area contributed by atoms with Gasteiger partial charge >= 0.3 is 5.97 Å². The van der Waals surface area contributed by atoms with Crippen molar-refractivity contribution in [1.29, 1.82) is 0 Å². The molecule has 0 spiro atoms. The van der Waals surface area contributed by atoms with Gasteiger partial charge in [0, 0.05) is 13.1 Å². The third-order valence-electron chi connectivity index (χ3n) is 7.81. The van der Waals surface area contributed by atoms with Crippen LogP contribution in [0.4, 0.5) is 0 Å². The SMILES string of the molecule is C[C@H](NC(=O)[C@@H]1CCCN1C(=O)[C@@H](NC(=O)[C@@H](N)CC(N)=O)[C@@H](C)O)C(=O)N[C@@H](CO)C(=O)N[C@@H](CC(N)=O)C(=O)N[C@@H](CCCN=C(N)N)C(=O)O. The van der Waals surface area contributed by atoms with Crippen LogP contribution in [0.1, 0.15) is 52.4 Å². The lowest BCUT2D eigenvalue weighted by Crippen LogP contribution is -2.61. The van der Waals surface area contributed by atoms with Gasteiger partial charge in [0.2, 0.25) is 47.3 Å². The second kappa shape index (κ2) is 21.7. The molecule has 1 heterocycles. The molecular weight excluding hydrogens is 708 g/mol. The minimum absolute atomic E-state index is 0.0436. The number of aliphatic carboxylic acids is 1. The number of hydrogen-bond donors (Lipinski definition) is 13. The number of guanidine groups is 1. The van der Waals surface area contributed by atoms with Gasteiger partial charge in [-0.1, -0.05) is 0 Å². The molecule has 0 aromatic carbocycles. The van der Waals surface area contributed by atoms with Crippen LogP contribution in [0.15, 0.2) is 4.99 Å². The summed E-state index contributed by atoms with van der Waals surface area (Å²) in [5, 5.41) is 40.7. The predicted molar refractivity (Wildman–Crippen MR) is 182 cm³/mol. The highest BCUT2D eigenvalue weighted by Gasteiger charge is 2.40. The van der Waals surface area contributed by atoms with Crippen LogP contribution >= 0.6 is 0 Å². The summed E-state index contributed by atoms with van der Waals surface area (Å²) in [6.45, 7) is 1.51. The Morgan fingerprint density at radius 1 is 0.792 bits per heavy atom. The molecule has 1 fully saturated rings. The molecule has 0 bridgehead atoms. The molecule has 0 aromatic rings. The lowest BCUT2D eigenvalue weighted by molar-refractivity contribution is -0.144. The maximum absolute atomic E-state index is 13.3. The fourth-order valence-corrected chi connectivity index (χ4v) is 5.02. The molecule has 18 N–H and O–H groups in total. The predicted octanol–water partition coefficient (Wildman–Crippen LogP) is -7.99. The van der Waals surface area contributed by atoms with Crippen molar-refractivity contribution < 1.29 is 58.5 Å². The Morgan fingerprint density at radius 3 is 1.89 bits per heavy atom. The quantitative estimate of drug-likeness (QED) is 0.0277. The number of likely N-dealkylation sites (tertiary alicyclic amines) is 1. The minimum atomic E-state index is -1.74. The van der Waals surface area contributed by atoms with E-state index >= 15 is 0 Å². The number of carbonyl (C=O) groups is 9. The van der Waals surface area contributed by atoms with Crippen molar-refractivity contribution in [3.63, 3.8) is 0 Å². The number of aliphatic hydroxyl groups excluding tert-OH is 2. The smallest absolute Gasteiger partial charge is 0.326 e. The first kappa shape index (κ1) is 45.4. The van der Waals surface area contributed by atoms with Crippen LogP contribution in [0.5, 0.6) is 0 Å². The van der Waals surface area contributed by atoms with E-state index in [1.54, 1.807) is 0 Å². The first-order chi connectivity index (χ1) is 24.7. The summed E-state index contributed by atoms with van der Waals surface area (Å²) >= 11 is 0. The zero-order chi connectivity index (χ0) is 40.6. The third-order valence-corrected chi connectivity index (χ3v) is 7.81. The molecule has 8 atom stereocenters. The summed E-state index contributed by atoms with van der Waals surface area (Å²) in [5.74, 6) is -9.48. The molecule has 0 unspecified atom stereocenters. The summed E-state index contributed by atoms with van der Waals surface area (Å²) in [6.07, 6.45) is -2.28. The van der Waals surface area contributed by atoms with Crippen LogP contribution in [0.2, 0.25) is 0 Å². The Hall–Kier alpha value is -5.62. The fraction of sp³-hybridized carbons (Fsp3) is 0.655. The lowest BCUT2D eigenvalue weighted by Gasteiger charge is -2.31. The largest absolute Gasteiger partial charge is 0.480 e. The molecule has 0 saturated carbocycles. The summed E-state index contributed by atoms with van der Waals surface area (Å²) in [5.41, 5.74) is 26.3. The number of carboxylic acid groups (broad SMARTS) is 1. The van der Waals surface area contributed by atoms with Crippen molar-refractivity contribution in [1.82, 2.24) is 31.5 Å². The Labute approximate surface area is 303 Å². The number of aliphatic hydroxyl groups is 2. The zero-order valence-electron chi connectivity index (χ0n) is 29.3. The first-order valence-electron chi connectivity index (χ1n) is 16.4. The number of nitrogens with one attached hydrogen (secondary N) is 5. The molecule has 24 heteroatoms. The Bertz CT molecular complexity index is 1410. The number of carbonyl (C=O) groups excluding carboxylic acids is 8. The van der Waals surface area contributed by atoms with E-state index in [-0.39, 0.29) is 38.3 Å². The molecule has 24 nitrogen and oxygen atoms in total. The fourth-order valence-electron chi connectivity index (χ4n) is 5.02. The van der Waals surface area contributed by atoms with Gasteiger partial charge in [-0.2, -0.15) is 0 Å². The van der Waals surface area contributed by atoms with Gasteiger partial charge in [0.1, 0.15) is 36.3 Å². The van der Waals surface area contributed by atoms with Gasteiger partial charge < -0.3 is 75.5 Å². The van der Waals surface area contributed by atoms with E-state index in [1.165, 1.54) is 13.8 Å². The molecule has 1 aliphatic heterocycles. The minimum Gasteiger partial charge on any atom is -0.480 e. The average Bonchev–Trinajstić information content (AvgIpc) is 3.56. The molecule has 1 aliphatic rings. The number of hydrogen-bond acceptors (Lipinski definition) is 13. The summed E-state index contributed by atoms with van der Waals surface area (Å²) in [4.78, 5) is 117. The number of nitrogens with two attached hydrogens (primary N) is 5. The standard InChI is InChI=1S/C29H50N12O12/c1-12(36-26(50)18-6-4-8-41(18)27(51)21(13(2)43)40-23(47)14(30)9-19(31)44)22(46)39-17(11-42)25(49)38-16(10-20(32)45)24(48)37-15(28(52)53)5-3-7-35-29(33)34/h12-18,21,42-43H,3-11,30H2,1-2H3,(H2,31,44)(H2,32,45)(H,36,50)(H,37,48)(H,38,49)(H,39,46)(H,40,47)(H,52,53)(H4,33,34,35)/t12-,13+,14-,15-,16-,17-,18-,21-/m0/s1. The van der Waals surface area contributed by atoms with Crippen LogP contribution in [0.3, 0.4) is 0 Å². The number of rotatable bonds is 22. The lowest BCUT2D eigenvalue weighted by atomic mass is 10.1. The molecule has 1 rings (SSSR count). The highest BCUT2D eigenvalue weighted by atomic mass is 16.4. The van der Waals surface area contributed by atoms with E-state index in [1.807, 2.05) is 0 Å². The van der Waals surface area contributed by atoms with Gasteiger partial charge in [0.05, 0.1) is 31.6 Å². The van der Waals surface area contributed by atoms with Crippen molar-refractivity contribution in [2.45, 2.75) is 101 Å². The van der Waals surface area contributed by atoms with Crippen molar-refractivity contribution >= 4 is 59.2 Å². The van der Waals surface area contributed by atoms with E-state index in [9.17, 15) is 58.5 Å². The third kappa shape index (κ3) is 15.3. The topological polar surface area (TPSA) is 420 Å². The zero-order valence-corrected chi connectivity index (χ0v) is 29.3. The maximum atomic E-state index is 13.3. The molecule has 1 saturated heterocycles. The Morgan fingerprint density at radius 2 is 1.36 bits per heavy atom. The van der Waals surface area contributed by atoms with E-state index in [0.717, 1.165) is 4.90 Å². The van der Waals surface area contributed by atoms with Gasteiger partial charge in [0.25, 0.3) is 0 Å². The Balaban J connectivity index is 2.94. The molecule has 8 amide bonds. The maximum Gasteiger partial charge on any atom is 0.326 e. The summed E-state index contributed by atoms with van der Waals surface area (Å²) in [7, 11) is 0. The van der Waals surface area contributed by atoms with Crippen molar-refractivity contribution in [2.75, 3.05) is 19.7 Å². The highest BCUT2D eigenvalue weighted by Crippen LogP contribution is 2.20. The number of nitrogens with zero attached hydrogens (tertiary/aromatic N) is 2. The van der Waals surface area contributed by atoms with E-state index in [0.29, 0.717) is 6.42 Å². The van der Waals surface area contributed by atoms with Crippen molar-refractivity contribution in [3.8, 4) is 0 Å². The molecule has 298 valence electrons. The highest BCUT2D eigenvalue weighted by molar-refractivity contribution is 5.98. The van der Waals surface area contributed by atoms with Crippen LogP contribution in [0, 0.1) is 0 Å². The molecule has 53 heavy (non-hydrogen) atoms. The van der Waals surface area contributed by atoms with Gasteiger partial charge in [-0.3, -0.25) is 43.3 Å². The summed E-state index contributed by atoms with van der Waals surface area (Å²) in [6, 6.07) is -10.4. The number of aliphatic imine (C=N–C) groups is 1. The molecule has 0 radical (unpaired) electrons. The van der Waals surface area contributed by atoms with Crippen LogP contribution in [-0.2, 0) is 43.2 Å². The van der Waals surface area contributed by atoms with Crippen LogP contribution in [0.25, 0.3) is 0 Å². The Kier molecular flexibility index (Phi) is 18.6. The van der Waals surface area contributed by atoms with E-state index < -0.39 is 121 Å². The van der Waals surface area contributed by atoms with Crippen LogP contribution < -0.4 is 55.3 Å². The number of carboxylic acids is 1. The molecule has 0 aliphatic carbocycles. The van der Waals surface area contributed by atoms with E-state index in [4.69, 9.17) is 28.7 Å². The van der Waals surface area contributed by atoms with Gasteiger partial charge in [-0.05, 0) is 39.5 Å². The second-order valence-electron chi connectivity index (χ2n) is 12.2. The molecular formula is C29H50N12O12. The number of amides is 8. The molecule has 0 aromatic heterocycles. The summed E-state index contributed by atoms with van der Waals surface area (Å²) < 4.78 is 0. The normalized spacial score (nSPS) is 17.7. The van der Waals surface area contributed by atoms with Crippen LogP contribution in [-0.4, -0.2) is 147 Å². The van der Waals surface area contributed by atoms with E-state index in [2.05, 4.69) is 31.6 Å². The van der Waals surface area contributed by atoms with Gasteiger partial charge in [-0.25, -0.2) is 4.79 Å². The van der Waals surface area contributed by atoms with Gasteiger partial charge in [0.15, 0.2) is 5.96 Å². The first-order valence-corrected chi connectivity index (χ1v) is 16.4. The second-order valence-corrected chi connectivity index (χ2v) is 12.2. The van der Waals surface area contributed by atoms with Gasteiger partial charge in [-0.15, -0.1) is 0 Å². The van der Waals surface area contributed by atoms with Crippen molar-refractivity contribution in [2.24, 2.45) is 33.7 Å². The number of primary amides is 2. The monoisotopic (exact) mass is 758 g/mol. The van der Waals surface area contributed by atoms with Crippen molar-refractivity contribution in [3.05, 3.63) is 0 Å². The average molecular weight is 759 g/mol.